The van der Waals surface area contributed by atoms with E-state index in [2.05, 4.69) is 62.2 Å². The van der Waals surface area contributed by atoms with E-state index in [9.17, 15) is 9.90 Å². The van der Waals surface area contributed by atoms with Gasteiger partial charge < -0.3 is 10.4 Å². The zero-order valence-corrected chi connectivity index (χ0v) is 26.8. The summed E-state index contributed by atoms with van der Waals surface area (Å²) in [7, 11) is 2.03. The van der Waals surface area contributed by atoms with Crippen LogP contribution in [0.1, 0.15) is 114 Å². The summed E-state index contributed by atoms with van der Waals surface area (Å²) in [5.41, 5.74) is 4.41. The normalized spacial score (nSPS) is 19.9. The molecule has 3 N–H and O–H groups in total. The molecule has 1 saturated carbocycles. The Kier molecular flexibility index (Phi) is 14.2. The maximum atomic E-state index is 12.1. The van der Waals surface area contributed by atoms with Crippen LogP contribution >= 0.6 is 11.3 Å². The summed E-state index contributed by atoms with van der Waals surface area (Å²) in [5, 5.41) is 16.0. The highest BCUT2D eigenvalue weighted by molar-refractivity contribution is 7.14. The molecule has 0 saturated heterocycles. The minimum absolute atomic E-state index is 0.122. The Morgan fingerprint density at radius 2 is 1.93 bits per heavy atom. The third-order valence-corrected chi connectivity index (χ3v) is 8.42. The minimum Gasteiger partial charge on any atom is -0.477 e. The first-order valence-corrected chi connectivity index (χ1v) is 15.8. The second-order valence-corrected chi connectivity index (χ2v) is 13.1. The van der Waals surface area contributed by atoms with Crippen LogP contribution in [0.4, 0.5) is 0 Å². The molecule has 1 aliphatic carbocycles. The summed E-state index contributed by atoms with van der Waals surface area (Å²) in [5.74, 6) is 6.99. The topological polar surface area (TPSA) is 77.0 Å². The molecule has 0 radical (unpaired) electrons. The molecule has 2 atom stereocenters. The number of rotatable bonds is 14. The van der Waals surface area contributed by atoms with Crippen LogP contribution in [0.5, 0.6) is 0 Å². The molecule has 1 aromatic rings. The second kappa shape index (κ2) is 16.8. The van der Waals surface area contributed by atoms with Crippen molar-refractivity contribution in [2.45, 2.75) is 118 Å². The van der Waals surface area contributed by atoms with Gasteiger partial charge in [0, 0.05) is 36.8 Å². The van der Waals surface area contributed by atoms with Gasteiger partial charge >= 0.3 is 5.97 Å². The third kappa shape index (κ3) is 11.6. The van der Waals surface area contributed by atoms with Gasteiger partial charge in [-0.15, -0.1) is 11.3 Å². The van der Waals surface area contributed by atoms with E-state index in [0.717, 1.165) is 54.8 Å². The fourth-order valence-electron chi connectivity index (χ4n) is 5.05. The van der Waals surface area contributed by atoms with E-state index >= 15 is 0 Å². The van der Waals surface area contributed by atoms with Crippen molar-refractivity contribution in [2.75, 3.05) is 7.05 Å². The molecule has 0 spiro atoms. The van der Waals surface area contributed by atoms with E-state index in [1.54, 1.807) is 0 Å². The molecule has 1 heterocycles. The van der Waals surface area contributed by atoms with Crippen molar-refractivity contribution < 1.29 is 9.90 Å². The standard InChI is InChI=1S/C33H52N4O2S/c1-9-12-14-24(4)29(23-25-22-28(19-20-33(5,6)7)40-31(25)32(38)39)35-26-15-17-27(18-16-26)36-37(8)30(11-3)34-21-13-10-2/h10-11,13,21-22,24,26-27,29,35-36H,9,12,14-18,23H2,1-8H3,(H,38,39)/b13-10-,30-11+,34-21-. The molecule has 0 aliphatic heterocycles. The van der Waals surface area contributed by atoms with E-state index in [-0.39, 0.29) is 11.5 Å². The average Bonchev–Trinajstić information content (AvgIpc) is 3.32. The fourth-order valence-corrected chi connectivity index (χ4v) is 5.94. The van der Waals surface area contributed by atoms with Crippen molar-refractivity contribution in [1.82, 2.24) is 15.8 Å². The molecule has 1 fully saturated rings. The molecule has 0 amide bonds. The lowest BCUT2D eigenvalue weighted by Gasteiger charge is -2.36. The van der Waals surface area contributed by atoms with Crippen LogP contribution in [0.25, 0.3) is 0 Å². The Bertz CT molecular complexity index is 1080. The maximum absolute atomic E-state index is 12.1. The van der Waals surface area contributed by atoms with Gasteiger partial charge in [-0.1, -0.05) is 44.6 Å². The molecule has 6 nitrogen and oxygen atoms in total. The van der Waals surface area contributed by atoms with Gasteiger partial charge in [0.15, 0.2) is 0 Å². The van der Waals surface area contributed by atoms with Crippen LogP contribution in [0.15, 0.2) is 35.1 Å². The summed E-state index contributed by atoms with van der Waals surface area (Å²) < 4.78 is 0. The zero-order valence-electron chi connectivity index (χ0n) is 26.0. The largest absolute Gasteiger partial charge is 0.477 e. The first-order valence-electron chi connectivity index (χ1n) is 14.9. The zero-order chi connectivity index (χ0) is 29.7. The van der Waals surface area contributed by atoms with E-state index in [4.69, 9.17) is 0 Å². The van der Waals surface area contributed by atoms with E-state index < -0.39 is 5.97 Å². The summed E-state index contributed by atoms with van der Waals surface area (Å²) in [4.78, 5) is 17.9. The van der Waals surface area contributed by atoms with Crippen molar-refractivity contribution in [2.24, 2.45) is 16.3 Å². The number of carboxylic acids is 1. The number of carboxylic acid groups (broad SMARTS) is 1. The Morgan fingerprint density at radius 1 is 1.25 bits per heavy atom. The second-order valence-electron chi connectivity index (χ2n) is 12.1. The van der Waals surface area contributed by atoms with Gasteiger partial charge in [0.05, 0.1) is 4.88 Å². The third-order valence-electron chi connectivity index (χ3n) is 7.34. The monoisotopic (exact) mass is 568 g/mol. The Morgan fingerprint density at radius 3 is 2.50 bits per heavy atom. The fraction of sp³-hybridized carbons (Fsp3) is 0.636. The predicted octanol–water partition coefficient (Wildman–Crippen LogP) is 7.43. The van der Waals surface area contributed by atoms with Crippen LogP contribution in [0, 0.1) is 23.2 Å². The average molecular weight is 569 g/mol. The van der Waals surface area contributed by atoms with E-state index in [0.29, 0.717) is 22.9 Å². The number of unbranched alkanes of at least 4 members (excludes halogenated alkanes) is 1. The van der Waals surface area contributed by atoms with Gasteiger partial charge in [-0.25, -0.2) is 15.2 Å². The first kappa shape index (κ1) is 33.8. The van der Waals surface area contributed by atoms with Crippen molar-refractivity contribution in [3.8, 4) is 11.8 Å². The van der Waals surface area contributed by atoms with Gasteiger partial charge in [-0.05, 0) is 103 Å². The number of nitrogens with one attached hydrogen (secondary N) is 2. The summed E-state index contributed by atoms with van der Waals surface area (Å²) >= 11 is 1.31. The number of aliphatic imine (C=N–C) groups is 1. The Labute approximate surface area is 247 Å². The van der Waals surface area contributed by atoms with Crippen molar-refractivity contribution in [1.29, 1.82) is 0 Å². The summed E-state index contributed by atoms with van der Waals surface area (Å²) in [6.07, 6.45) is 16.3. The SMILES string of the molecule is C\C=C/C=N\C(=C/C)N(C)NC1CCC(NC(Cc2cc(C#CC(C)(C)C)sc2C(=O)O)C(C)CCCC)CC1. The van der Waals surface area contributed by atoms with Gasteiger partial charge in [0.1, 0.15) is 10.7 Å². The highest BCUT2D eigenvalue weighted by Crippen LogP contribution is 2.28. The molecule has 7 heteroatoms. The quantitative estimate of drug-likeness (QED) is 0.124. The van der Waals surface area contributed by atoms with Crippen LogP contribution in [0.3, 0.4) is 0 Å². The number of hydrogen-bond donors (Lipinski definition) is 3. The van der Waals surface area contributed by atoms with Crippen molar-refractivity contribution in [3.05, 3.63) is 45.4 Å². The van der Waals surface area contributed by atoms with E-state index in [1.807, 2.05) is 56.4 Å². The van der Waals surface area contributed by atoms with Crippen LogP contribution < -0.4 is 10.7 Å². The number of hydrazine groups is 1. The van der Waals surface area contributed by atoms with Crippen molar-refractivity contribution >= 4 is 23.5 Å². The number of carbonyl (C=O) groups is 1. The first-order chi connectivity index (χ1) is 19.0. The minimum atomic E-state index is -0.852. The summed E-state index contributed by atoms with van der Waals surface area (Å²) in [6.45, 7) is 14.7. The molecule has 40 heavy (non-hydrogen) atoms. The smallest absolute Gasteiger partial charge is 0.346 e. The number of aromatic carboxylic acids is 1. The van der Waals surface area contributed by atoms with E-state index in [1.165, 1.54) is 24.2 Å². The molecule has 0 bridgehead atoms. The molecule has 1 aromatic heterocycles. The molecule has 1 aliphatic rings. The molecule has 0 aromatic carbocycles. The highest BCUT2D eigenvalue weighted by atomic mass is 32.1. The Balaban J connectivity index is 2.09. The van der Waals surface area contributed by atoms with Crippen LogP contribution in [-0.4, -0.2) is 47.5 Å². The van der Waals surface area contributed by atoms with Gasteiger partial charge in [-0.2, -0.15) is 0 Å². The number of allylic oxidation sites excluding steroid dienone is 3. The maximum Gasteiger partial charge on any atom is 0.346 e. The molecule has 2 rings (SSSR count). The lowest BCUT2D eigenvalue weighted by molar-refractivity contribution is 0.0700. The molecular weight excluding hydrogens is 516 g/mol. The number of nitrogens with zero attached hydrogens (tertiary/aromatic N) is 2. The molecular formula is C33H52N4O2S. The Hall–Kier alpha value is -2.40. The molecule has 2 unspecified atom stereocenters. The lowest BCUT2D eigenvalue weighted by atomic mass is 9.86. The van der Waals surface area contributed by atoms with Crippen LogP contribution in [-0.2, 0) is 6.42 Å². The number of thiophene rings is 1. The van der Waals surface area contributed by atoms with Gasteiger partial charge in [0.2, 0.25) is 0 Å². The van der Waals surface area contributed by atoms with Gasteiger partial charge in [-0.3, -0.25) is 5.01 Å². The van der Waals surface area contributed by atoms with Crippen LogP contribution in [0.2, 0.25) is 0 Å². The predicted molar refractivity (Wildman–Crippen MR) is 171 cm³/mol. The molecule has 222 valence electrons. The highest BCUT2D eigenvalue weighted by Gasteiger charge is 2.28. The number of hydrogen-bond acceptors (Lipinski definition) is 6. The van der Waals surface area contributed by atoms with Crippen molar-refractivity contribution in [3.63, 3.8) is 0 Å². The lowest BCUT2D eigenvalue weighted by Crippen LogP contribution is -2.49. The summed E-state index contributed by atoms with van der Waals surface area (Å²) in [6, 6.07) is 3.08. The van der Waals surface area contributed by atoms with Gasteiger partial charge in [0.25, 0.3) is 0 Å².